The number of alkyl halides is 1. The molecule has 0 atom stereocenters. The highest BCUT2D eigenvalue weighted by Gasteiger charge is 2.05. The van der Waals surface area contributed by atoms with Crippen molar-refractivity contribution >= 4 is 21.9 Å². The molecule has 1 aromatic rings. The molecule has 0 spiro atoms. The van der Waals surface area contributed by atoms with Gasteiger partial charge in [0.2, 0.25) is 0 Å². The lowest BCUT2D eigenvalue weighted by Gasteiger charge is -2.01. The molecule has 1 aromatic carbocycles. The lowest BCUT2D eigenvalue weighted by Crippen LogP contribution is -2.04. The molecule has 0 N–H and O–H groups in total. The van der Waals surface area contributed by atoms with Crippen LogP contribution in [0.1, 0.15) is 35.7 Å². The maximum atomic E-state index is 11.5. The quantitative estimate of drug-likeness (QED) is 0.368. The Balaban J connectivity index is 2.71. The molecule has 0 amide bonds. The standard InChI is InChI=1S/C14H15BrO2/c1-2-17-14(16)13-9-6-8-12(11-13)7-4-3-5-10-15/h6,8-9,11H,2-3,5,10H2,1H3. The maximum Gasteiger partial charge on any atom is 0.338 e. The predicted octanol–water partition coefficient (Wildman–Crippen LogP) is 3.39. The van der Waals surface area contributed by atoms with E-state index in [1.807, 2.05) is 12.1 Å². The Kier molecular flexibility index (Phi) is 6.42. The Bertz CT molecular complexity index is 429. The molecule has 0 aromatic heterocycles. The number of benzene rings is 1. The first kappa shape index (κ1) is 13.8. The fraction of sp³-hybridized carbons (Fsp3) is 0.357. The summed E-state index contributed by atoms with van der Waals surface area (Å²) in [5, 5.41) is 0.963. The van der Waals surface area contributed by atoms with Crippen molar-refractivity contribution in [1.29, 1.82) is 0 Å². The number of carbonyl (C=O) groups is 1. The predicted molar refractivity (Wildman–Crippen MR) is 72.3 cm³/mol. The normalized spacial score (nSPS) is 9.29. The second-order valence-electron chi connectivity index (χ2n) is 3.40. The first-order valence-corrected chi connectivity index (χ1v) is 6.72. The van der Waals surface area contributed by atoms with Crippen molar-refractivity contribution in [3.63, 3.8) is 0 Å². The van der Waals surface area contributed by atoms with Gasteiger partial charge in [0.1, 0.15) is 0 Å². The van der Waals surface area contributed by atoms with Gasteiger partial charge < -0.3 is 4.74 Å². The van der Waals surface area contributed by atoms with E-state index in [-0.39, 0.29) is 5.97 Å². The molecule has 0 aliphatic rings. The zero-order valence-electron chi connectivity index (χ0n) is 9.83. The molecule has 2 nitrogen and oxygen atoms in total. The third-order valence-corrected chi connectivity index (χ3v) is 2.60. The van der Waals surface area contributed by atoms with E-state index >= 15 is 0 Å². The zero-order chi connectivity index (χ0) is 12.5. The second kappa shape index (κ2) is 7.92. The fourth-order valence-corrected chi connectivity index (χ4v) is 1.54. The van der Waals surface area contributed by atoms with E-state index in [1.165, 1.54) is 0 Å². The number of unbranched alkanes of at least 4 members (excludes halogenated alkanes) is 1. The summed E-state index contributed by atoms with van der Waals surface area (Å²) in [6.45, 7) is 2.18. The smallest absolute Gasteiger partial charge is 0.338 e. The minimum atomic E-state index is -0.295. The van der Waals surface area contributed by atoms with Gasteiger partial charge in [-0.05, 0) is 31.5 Å². The molecule has 0 unspecified atom stereocenters. The molecular weight excluding hydrogens is 280 g/mol. The lowest BCUT2D eigenvalue weighted by molar-refractivity contribution is 0.0526. The van der Waals surface area contributed by atoms with Crippen molar-refractivity contribution < 1.29 is 9.53 Å². The van der Waals surface area contributed by atoms with Crippen LogP contribution >= 0.6 is 15.9 Å². The van der Waals surface area contributed by atoms with E-state index in [2.05, 4.69) is 27.8 Å². The minimum Gasteiger partial charge on any atom is -0.462 e. The van der Waals surface area contributed by atoms with Crippen molar-refractivity contribution in [2.75, 3.05) is 11.9 Å². The van der Waals surface area contributed by atoms with Crippen LogP contribution in [0.15, 0.2) is 24.3 Å². The van der Waals surface area contributed by atoms with Crippen LogP contribution in [-0.4, -0.2) is 17.9 Å². The van der Waals surface area contributed by atoms with Gasteiger partial charge in [0, 0.05) is 17.3 Å². The van der Waals surface area contributed by atoms with Crippen molar-refractivity contribution in [1.82, 2.24) is 0 Å². The summed E-state index contributed by atoms with van der Waals surface area (Å²) >= 11 is 3.35. The minimum absolute atomic E-state index is 0.295. The molecule has 3 heteroatoms. The van der Waals surface area contributed by atoms with Gasteiger partial charge >= 0.3 is 5.97 Å². The van der Waals surface area contributed by atoms with Gasteiger partial charge in [-0.3, -0.25) is 0 Å². The summed E-state index contributed by atoms with van der Waals surface area (Å²) in [6, 6.07) is 7.21. The van der Waals surface area contributed by atoms with Gasteiger partial charge in [-0.15, -0.1) is 0 Å². The Labute approximate surface area is 110 Å². The second-order valence-corrected chi connectivity index (χ2v) is 4.19. The number of carbonyl (C=O) groups excluding carboxylic acids is 1. The number of hydrogen-bond acceptors (Lipinski definition) is 2. The summed E-state index contributed by atoms with van der Waals surface area (Å²) in [4.78, 5) is 11.5. The van der Waals surface area contributed by atoms with Crippen molar-refractivity contribution in [3.05, 3.63) is 35.4 Å². The van der Waals surface area contributed by atoms with Gasteiger partial charge in [0.15, 0.2) is 0 Å². The third kappa shape index (κ3) is 5.06. The highest BCUT2D eigenvalue weighted by molar-refractivity contribution is 9.09. The molecule has 0 radical (unpaired) electrons. The van der Waals surface area contributed by atoms with Crippen LogP contribution in [0.25, 0.3) is 0 Å². The molecule has 0 aliphatic carbocycles. The average molecular weight is 295 g/mol. The summed E-state index contributed by atoms with van der Waals surface area (Å²) in [5.41, 5.74) is 1.41. The largest absolute Gasteiger partial charge is 0.462 e. The third-order valence-electron chi connectivity index (χ3n) is 2.04. The van der Waals surface area contributed by atoms with Gasteiger partial charge in [-0.2, -0.15) is 0 Å². The van der Waals surface area contributed by atoms with Crippen molar-refractivity contribution in [3.8, 4) is 11.8 Å². The van der Waals surface area contributed by atoms with Gasteiger partial charge in [0.25, 0.3) is 0 Å². The lowest BCUT2D eigenvalue weighted by atomic mass is 10.1. The molecule has 0 saturated heterocycles. The van der Waals surface area contributed by atoms with Gasteiger partial charge in [-0.25, -0.2) is 4.79 Å². The van der Waals surface area contributed by atoms with E-state index in [1.54, 1.807) is 19.1 Å². The SMILES string of the molecule is CCOC(=O)c1cccc(C#CCCCBr)c1. The average Bonchev–Trinajstić information content (AvgIpc) is 2.35. The molecule has 0 bridgehead atoms. The molecule has 17 heavy (non-hydrogen) atoms. The topological polar surface area (TPSA) is 26.3 Å². The van der Waals surface area contributed by atoms with Gasteiger partial charge in [0.05, 0.1) is 12.2 Å². The van der Waals surface area contributed by atoms with E-state index < -0.39 is 0 Å². The van der Waals surface area contributed by atoms with Crippen LogP contribution in [0.3, 0.4) is 0 Å². The summed E-state index contributed by atoms with van der Waals surface area (Å²) in [6.07, 6.45) is 1.89. The van der Waals surface area contributed by atoms with Crippen LogP contribution < -0.4 is 0 Å². The first-order chi connectivity index (χ1) is 8.27. The van der Waals surface area contributed by atoms with E-state index in [0.717, 1.165) is 23.7 Å². The maximum absolute atomic E-state index is 11.5. The summed E-state index contributed by atoms with van der Waals surface area (Å²) in [7, 11) is 0. The molecular formula is C14H15BrO2. The van der Waals surface area contributed by atoms with Crippen LogP contribution in [-0.2, 0) is 4.74 Å². The molecule has 0 aliphatic heterocycles. The van der Waals surface area contributed by atoms with Crippen LogP contribution in [0, 0.1) is 11.8 Å². The summed E-state index contributed by atoms with van der Waals surface area (Å²) in [5.74, 6) is 5.81. The molecule has 0 fully saturated rings. The fourth-order valence-electron chi connectivity index (χ4n) is 1.26. The van der Waals surface area contributed by atoms with Crippen LogP contribution in [0.4, 0.5) is 0 Å². The Morgan fingerprint density at radius 2 is 2.29 bits per heavy atom. The number of esters is 1. The molecule has 1 rings (SSSR count). The Morgan fingerprint density at radius 3 is 3.00 bits per heavy atom. The Morgan fingerprint density at radius 1 is 1.47 bits per heavy atom. The number of rotatable bonds is 4. The first-order valence-electron chi connectivity index (χ1n) is 5.60. The summed E-state index contributed by atoms with van der Waals surface area (Å²) < 4.78 is 4.93. The van der Waals surface area contributed by atoms with Crippen LogP contribution in [0.5, 0.6) is 0 Å². The number of ether oxygens (including phenoxy) is 1. The van der Waals surface area contributed by atoms with Crippen LogP contribution in [0.2, 0.25) is 0 Å². The molecule has 0 heterocycles. The van der Waals surface area contributed by atoms with E-state index in [4.69, 9.17) is 4.74 Å². The highest BCUT2D eigenvalue weighted by Crippen LogP contribution is 2.06. The molecule has 90 valence electrons. The zero-order valence-corrected chi connectivity index (χ0v) is 11.4. The monoisotopic (exact) mass is 294 g/mol. The number of halogens is 1. The number of hydrogen-bond donors (Lipinski definition) is 0. The van der Waals surface area contributed by atoms with Gasteiger partial charge in [-0.1, -0.05) is 33.8 Å². The highest BCUT2D eigenvalue weighted by atomic mass is 79.9. The Hall–Kier alpha value is -1.27. The molecule has 0 saturated carbocycles. The van der Waals surface area contributed by atoms with E-state index in [0.29, 0.717) is 12.2 Å². The van der Waals surface area contributed by atoms with Crippen molar-refractivity contribution in [2.45, 2.75) is 19.8 Å². The van der Waals surface area contributed by atoms with Crippen molar-refractivity contribution in [2.24, 2.45) is 0 Å². The van der Waals surface area contributed by atoms with E-state index in [9.17, 15) is 4.79 Å².